The zero-order valence-corrected chi connectivity index (χ0v) is 14.9. The fraction of sp³-hybridized carbons (Fsp3) is 0.316. The molecule has 2 aromatic rings. The SMILES string of the molecule is COc1ccc(CN(C(=O)c2ccc([N+](=O)[O-])cc2)C(C)(C)C)cc1. The fourth-order valence-electron chi connectivity index (χ4n) is 2.41. The van der Waals surface area contributed by atoms with Gasteiger partial charge in [-0.15, -0.1) is 0 Å². The second-order valence-corrected chi connectivity index (χ2v) is 6.71. The van der Waals surface area contributed by atoms with Crippen molar-refractivity contribution >= 4 is 11.6 Å². The summed E-state index contributed by atoms with van der Waals surface area (Å²) in [6.45, 7) is 6.31. The van der Waals surface area contributed by atoms with E-state index in [0.717, 1.165) is 11.3 Å². The van der Waals surface area contributed by atoms with Crippen LogP contribution in [0, 0.1) is 10.1 Å². The number of ether oxygens (including phenoxy) is 1. The van der Waals surface area contributed by atoms with Crippen LogP contribution < -0.4 is 4.74 Å². The summed E-state index contributed by atoms with van der Waals surface area (Å²) in [7, 11) is 1.61. The lowest BCUT2D eigenvalue weighted by Gasteiger charge is -2.36. The third kappa shape index (κ3) is 4.56. The van der Waals surface area contributed by atoms with Crippen molar-refractivity contribution in [3.8, 4) is 5.75 Å². The summed E-state index contributed by atoms with van der Waals surface area (Å²) in [4.78, 5) is 25.0. The van der Waals surface area contributed by atoms with E-state index < -0.39 is 10.5 Å². The van der Waals surface area contributed by atoms with E-state index in [-0.39, 0.29) is 11.6 Å². The minimum Gasteiger partial charge on any atom is -0.497 e. The van der Waals surface area contributed by atoms with E-state index in [0.29, 0.717) is 12.1 Å². The van der Waals surface area contributed by atoms with Gasteiger partial charge in [0.25, 0.3) is 11.6 Å². The second-order valence-electron chi connectivity index (χ2n) is 6.71. The number of hydrogen-bond donors (Lipinski definition) is 0. The van der Waals surface area contributed by atoms with Gasteiger partial charge in [0.15, 0.2) is 0 Å². The Morgan fingerprint density at radius 1 is 1.08 bits per heavy atom. The number of rotatable bonds is 5. The normalized spacial score (nSPS) is 11.0. The van der Waals surface area contributed by atoms with Crippen molar-refractivity contribution < 1.29 is 14.5 Å². The summed E-state index contributed by atoms with van der Waals surface area (Å²) < 4.78 is 5.15. The van der Waals surface area contributed by atoms with Crippen molar-refractivity contribution in [1.29, 1.82) is 0 Å². The molecule has 0 saturated heterocycles. The Kier molecular flexibility index (Phi) is 5.41. The van der Waals surface area contributed by atoms with Crippen LogP contribution in [0.2, 0.25) is 0 Å². The first-order chi connectivity index (χ1) is 11.7. The summed E-state index contributed by atoms with van der Waals surface area (Å²) in [5, 5.41) is 10.8. The average Bonchev–Trinajstić information content (AvgIpc) is 2.58. The van der Waals surface area contributed by atoms with E-state index in [2.05, 4.69) is 0 Å². The lowest BCUT2D eigenvalue weighted by atomic mass is 10.0. The van der Waals surface area contributed by atoms with Crippen LogP contribution >= 0.6 is 0 Å². The van der Waals surface area contributed by atoms with Gasteiger partial charge in [-0.25, -0.2) is 0 Å². The number of carbonyl (C=O) groups is 1. The van der Waals surface area contributed by atoms with Crippen LogP contribution in [0.5, 0.6) is 5.75 Å². The number of nitro benzene ring substituents is 1. The molecule has 0 aromatic heterocycles. The third-order valence-electron chi connectivity index (χ3n) is 3.88. The van der Waals surface area contributed by atoms with Crippen LogP contribution in [0.15, 0.2) is 48.5 Å². The number of carbonyl (C=O) groups excluding carboxylic acids is 1. The van der Waals surface area contributed by atoms with Crippen molar-refractivity contribution in [3.63, 3.8) is 0 Å². The molecule has 6 heteroatoms. The zero-order chi connectivity index (χ0) is 18.6. The van der Waals surface area contributed by atoms with Gasteiger partial charge in [-0.3, -0.25) is 14.9 Å². The molecule has 0 spiro atoms. The highest BCUT2D eigenvalue weighted by Gasteiger charge is 2.27. The van der Waals surface area contributed by atoms with Crippen molar-refractivity contribution in [3.05, 3.63) is 69.8 Å². The molecule has 0 N–H and O–H groups in total. The number of hydrogen-bond acceptors (Lipinski definition) is 4. The van der Waals surface area contributed by atoms with E-state index in [4.69, 9.17) is 4.74 Å². The topological polar surface area (TPSA) is 72.7 Å². The van der Waals surface area contributed by atoms with Crippen molar-refractivity contribution in [1.82, 2.24) is 4.90 Å². The number of non-ortho nitro benzene ring substituents is 1. The number of amides is 1. The summed E-state index contributed by atoms with van der Waals surface area (Å²) in [6, 6.07) is 13.2. The molecule has 6 nitrogen and oxygen atoms in total. The van der Waals surface area contributed by atoms with E-state index >= 15 is 0 Å². The Labute approximate surface area is 147 Å². The van der Waals surface area contributed by atoms with E-state index in [1.165, 1.54) is 24.3 Å². The molecule has 0 saturated carbocycles. The molecule has 0 heterocycles. The van der Waals surface area contributed by atoms with Crippen LogP contribution in [-0.2, 0) is 6.54 Å². The maximum atomic E-state index is 12.9. The quantitative estimate of drug-likeness (QED) is 0.607. The maximum Gasteiger partial charge on any atom is 0.269 e. The van der Waals surface area contributed by atoms with Gasteiger partial charge in [-0.1, -0.05) is 12.1 Å². The minimum atomic E-state index is -0.479. The highest BCUT2D eigenvalue weighted by molar-refractivity contribution is 5.94. The monoisotopic (exact) mass is 342 g/mol. The van der Waals surface area contributed by atoms with Crippen molar-refractivity contribution in [2.24, 2.45) is 0 Å². The molecule has 2 rings (SSSR count). The molecule has 0 atom stereocenters. The highest BCUT2D eigenvalue weighted by atomic mass is 16.6. The molecule has 0 bridgehead atoms. The van der Waals surface area contributed by atoms with Gasteiger partial charge < -0.3 is 9.64 Å². The van der Waals surface area contributed by atoms with Crippen LogP contribution in [-0.4, -0.2) is 28.4 Å². The van der Waals surface area contributed by atoms with Gasteiger partial charge >= 0.3 is 0 Å². The number of nitro groups is 1. The molecule has 2 aromatic carbocycles. The largest absolute Gasteiger partial charge is 0.497 e. The molecule has 25 heavy (non-hydrogen) atoms. The molecular formula is C19H22N2O4. The number of methoxy groups -OCH3 is 1. The first kappa shape index (κ1) is 18.4. The van der Waals surface area contributed by atoms with E-state index in [1.54, 1.807) is 12.0 Å². The Balaban J connectivity index is 2.26. The second kappa shape index (κ2) is 7.34. The van der Waals surface area contributed by atoms with Gasteiger partial charge in [0.2, 0.25) is 0 Å². The Morgan fingerprint density at radius 3 is 2.08 bits per heavy atom. The standard InChI is InChI=1S/C19H22N2O4/c1-19(2,3)20(13-14-5-11-17(25-4)12-6-14)18(22)15-7-9-16(10-8-15)21(23)24/h5-12H,13H2,1-4H3. The van der Waals surface area contributed by atoms with Gasteiger partial charge in [0, 0.05) is 29.8 Å². The van der Waals surface area contributed by atoms with Crippen LogP contribution in [0.3, 0.4) is 0 Å². The maximum absolute atomic E-state index is 12.9. The highest BCUT2D eigenvalue weighted by Crippen LogP contribution is 2.23. The molecule has 1 amide bonds. The van der Waals surface area contributed by atoms with E-state index in [1.807, 2.05) is 45.0 Å². The Hall–Kier alpha value is -2.89. The summed E-state index contributed by atoms with van der Waals surface area (Å²) >= 11 is 0. The molecular weight excluding hydrogens is 320 g/mol. The summed E-state index contributed by atoms with van der Waals surface area (Å²) in [5.41, 5.74) is 0.965. The zero-order valence-electron chi connectivity index (χ0n) is 14.9. The molecule has 0 unspecified atom stereocenters. The molecule has 0 aliphatic carbocycles. The average molecular weight is 342 g/mol. The van der Waals surface area contributed by atoms with Gasteiger partial charge in [0.05, 0.1) is 12.0 Å². The van der Waals surface area contributed by atoms with Crippen LogP contribution in [0.1, 0.15) is 36.7 Å². The predicted molar refractivity (Wildman–Crippen MR) is 95.7 cm³/mol. The van der Waals surface area contributed by atoms with Gasteiger partial charge in [-0.05, 0) is 50.6 Å². The van der Waals surface area contributed by atoms with Crippen molar-refractivity contribution in [2.45, 2.75) is 32.9 Å². The first-order valence-electron chi connectivity index (χ1n) is 7.91. The van der Waals surface area contributed by atoms with Gasteiger partial charge in [-0.2, -0.15) is 0 Å². The molecule has 0 aliphatic heterocycles. The predicted octanol–water partition coefficient (Wildman–Crippen LogP) is 4.04. The minimum absolute atomic E-state index is 0.0333. The molecule has 0 aliphatic rings. The summed E-state index contributed by atoms with van der Waals surface area (Å²) in [5.74, 6) is 0.589. The Morgan fingerprint density at radius 2 is 1.64 bits per heavy atom. The lowest BCUT2D eigenvalue weighted by Crippen LogP contribution is -2.45. The van der Waals surface area contributed by atoms with Crippen LogP contribution in [0.25, 0.3) is 0 Å². The fourth-order valence-corrected chi connectivity index (χ4v) is 2.41. The van der Waals surface area contributed by atoms with Crippen LogP contribution in [0.4, 0.5) is 5.69 Å². The van der Waals surface area contributed by atoms with E-state index in [9.17, 15) is 14.9 Å². The third-order valence-corrected chi connectivity index (χ3v) is 3.88. The van der Waals surface area contributed by atoms with Crippen molar-refractivity contribution in [2.75, 3.05) is 7.11 Å². The molecule has 0 radical (unpaired) electrons. The molecule has 132 valence electrons. The van der Waals surface area contributed by atoms with Gasteiger partial charge in [0.1, 0.15) is 5.75 Å². The number of nitrogens with zero attached hydrogens (tertiary/aromatic N) is 2. The number of benzene rings is 2. The Bertz CT molecular complexity index is 746. The summed E-state index contributed by atoms with van der Waals surface area (Å²) in [6.07, 6.45) is 0. The lowest BCUT2D eigenvalue weighted by molar-refractivity contribution is -0.384. The smallest absolute Gasteiger partial charge is 0.269 e. The first-order valence-corrected chi connectivity index (χ1v) is 7.91. The molecule has 0 fully saturated rings.